The Morgan fingerprint density at radius 1 is 1.33 bits per heavy atom. The van der Waals surface area contributed by atoms with Gasteiger partial charge >= 0.3 is 6.03 Å². The first-order valence-corrected chi connectivity index (χ1v) is 9.06. The highest BCUT2D eigenvalue weighted by Gasteiger charge is 2.40. The third kappa shape index (κ3) is 2.68. The van der Waals surface area contributed by atoms with Crippen LogP contribution in [0.15, 0.2) is 5.38 Å². The molecule has 2 aliphatic carbocycles. The van der Waals surface area contributed by atoms with Gasteiger partial charge in [0, 0.05) is 24.2 Å². The van der Waals surface area contributed by atoms with Gasteiger partial charge in [0.05, 0.1) is 6.04 Å². The summed E-state index contributed by atoms with van der Waals surface area (Å²) in [5.41, 5.74) is 1.06. The Kier molecular flexibility index (Phi) is 3.40. The zero-order valence-electron chi connectivity index (χ0n) is 12.5. The van der Waals surface area contributed by atoms with Gasteiger partial charge in [0.1, 0.15) is 5.01 Å². The lowest BCUT2D eigenvalue weighted by Crippen LogP contribution is -2.41. The second-order valence-electron chi connectivity index (χ2n) is 6.95. The summed E-state index contributed by atoms with van der Waals surface area (Å²) in [6.07, 6.45) is 6.41. The molecule has 2 heterocycles. The molecule has 1 N–H and O–H groups in total. The molecule has 3 unspecified atom stereocenters. The van der Waals surface area contributed by atoms with Gasteiger partial charge < -0.3 is 10.2 Å². The highest BCUT2D eigenvalue weighted by Crippen LogP contribution is 2.42. The van der Waals surface area contributed by atoms with Gasteiger partial charge in [-0.15, -0.1) is 11.3 Å². The van der Waals surface area contributed by atoms with Gasteiger partial charge in [-0.2, -0.15) is 0 Å². The molecule has 114 valence electrons. The molecule has 4 rings (SSSR count). The quantitative estimate of drug-likeness (QED) is 0.931. The van der Waals surface area contributed by atoms with E-state index in [-0.39, 0.29) is 12.1 Å². The van der Waals surface area contributed by atoms with Crippen LogP contribution in [0, 0.1) is 24.7 Å². The third-order valence-corrected chi connectivity index (χ3v) is 6.33. The number of carbonyl (C=O) groups is 1. The molecule has 3 fully saturated rings. The van der Waals surface area contributed by atoms with E-state index in [2.05, 4.69) is 15.7 Å². The molecule has 4 nitrogen and oxygen atoms in total. The molecule has 0 aromatic carbocycles. The lowest BCUT2D eigenvalue weighted by Gasteiger charge is -2.22. The summed E-state index contributed by atoms with van der Waals surface area (Å²) in [6, 6.07) is 0.269. The molecule has 2 amide bonds. The molecule has 1 aliphatic heterocycles. The van der Waals surface area contributed by atoms with Crippen LogP contribution in [-0.2, 0) is 0 Å². The smallest absolute Gasteiger partial charge is 0.317 e. The van der Waals surface area contributed by atoms with Crippen LogP contribution in [0.25, 0.3) is 0 Å². The summed E-state index contributed by atoms with van der Waals surface area (Å²) in [6.45, 7) is 3.95. The van der Waals surface area contributed by atoms with E-state index in [1.54, 1.807) is 11.3 Å². The first kappa shape index (κ1) is 13.6. The summed E-state index contributed by atoms with van der Waals surface area (Å²) in [5, 5.41) is 6.44. The molecule has 0 bridgehead atoms. The van der Waals surface area contributed by atoms with Crippen LogP contribution < -0.4 is 5.32 Å². The van der Waals surface area contributed by atoms with Gasteiger partial charge in [0.2, 0.25) is 0 Å². The van der Waals surface area contributed by atoms with Crippen LogP contribution in [0.1, 0.15) is 48.8 Å². The van der Waals surface area contributed by atoms with Crippen molar-refractivity contribution >= 4 is 17.4 Å². The fourth-order valence-corrected chi connectivity index (χ4v) is 4.89. The normalized spacial score (nSPS) is 29.5. The molecule has 1 saturated heterocycles. The summed E-state index contributed by atoms with van der Waals surface area (Å²) in [4.78, 5) is 19.2. The van der Waals surface area contributed by atoms with Gasteiger partial charge in [-0.1, -0.05) is 6.42 Å². The topological polar surface area (TPSA) is 45.2 Å². The number of nitrogens with one attached hydrogen (secondary N) is 1. The number of urea groups is 1. The average Bonchev–Trinajstić information content (AvgIpc) is 2.85. The van der Waals surface area contributed by atoms with Crippen LogP contribution in [0.5, 0.6) is 0 Å². The van der Waals surface area contributed by atoms with E-state index in [1.165, 1.54) is 32.1 Å². The van der Waals surface area contributed by atoms with Crippen molar-refractivity contribution in [3.05, 3.63) is 16.1 Å². The number of nitrogens with zero attached hydrogens (tertiary/aromatic N) is 2. The number of aryl methyl sites for hydroxylation is 1. The predicted octanol–water partition coefficient (Wildman–Crippen LogP) is 3.34. The summed E-state index contributed by atoms with van der Waals surface area (Å²) in [5.74, 6) is 2.12. The van der Waals surface area contributed by atoms with Crippen molar-refractivity contribution in [1.82, 2.24) is 15.2 Å². The lowest BCUT2D eigenvalue weighted by molar-refractivity contribution is 0.199. The van der Waals surface area contributed by atoms with E-state index >= 15 is 0 Å². The largest absolute Gasteiger partial charge is 0.328 e. The van der Waals surface area contributed by atoms with Crippen molar-refractivity contribution in [1.29, 1.82) is 0 Å². The van der Waals surface area contributed by atoms with E-state index in [0.717, 1.165) is 35.6 Å². The third-order valence-electron chi connectivity index (χ3n) is 5.29. The molecule has 21 heavy (non-hydrogen) atoms. The Bertz CT molecular complexity index is 527. The number of hydrogen-bond acceptors (Lipinski definition) is 3. The van der Waals surface area contributed by atoms with Crippen LogP contribution in [0.2, 0.25) is 0 Å². The second-order valence-corrected chi connectivity index (χ2v) is 7.84. The highest BCUT2D eigenvalue weighted by molar-refractivity contribution is 7.09. The number of fused-ring (bicyclic) bond motifs is 1. The number of amides is 2. The molecular formula is C16H23N3OS. The molecule has 1 aromatic rings. The predicted molar refractivity (Wildman–Crippen MR) is 83.3 cm³/mol. The molecule has 3 aliphatic rings. The minimum absolute atomic E-state index is 0.133. The SMILES string of the molecule is Cc1csc(C(NC(=O)N2CC3CCCC3C2)C2CC2)n1. The van der Waals surface area contributed by atoms with Crippen LogP contribution in [0.3, 0.4) is 0 Å². The lowest BCUT2D eigenvalue weighted by atomic mass is 10.0. The van der Waals surface area contributed by atoms with Gasteiger partial charge in [-0.3, -0.25) is 0 Å². The van der Waals surface area contributed by atoms with Crippen molar-refractivity contribution in [3.8, 4) is 0 Å². The van der Waals surface area contributed by atoms with Crippen LogP contribution in [0.4, 0.5) is 4.79 Å². The Morgan fingerprint density at radius 3 is 2.62 bits per heavy atom. The Morgan fingerprint density at radius 2 is 2.05 bits per heavy atom. The maximum Gasteiger partial charge on any atom is 0.317 e. The molecule has 0 radical (unpaired) electrons. The van der Waals surface area contributed by atoms with Crippen molar-refractivity contribution in [2.45, 2.75) is 45.1 Å². The van der Waals surface area contributed by atoms with E-state index in [0.29, 0.717) is 5.92 Å². The Hall–Kier alpha value is -1.10. The average molecular weight is 305 g/mol. The molecule has 1 aromatic heterocycles. The van der Waals surface area contributed by atoms with E-state index in [4.69, 9.17) is 0 Å². The number of aromatic nitrogens is 1. The zero-order valence-corrected chi connectivity index (χ0v) is 13.4. The number of hydrogen-bond donors (Lipinski definition) is 1. The summed E-state index contributed by atoms with van der Waals surface area (Å²) >= 11 is 1.68. The molecule has 0 spiro atoms. The summed E-state index contributed by atoms with van der Waals surface area (Å²) < 4.78 is 0. The van der Waals surface area contributed by atoms with Crippen molar-refractivity contribution < 1.29 is 4.79 Å². The molecule has 5 heteroatoms. The minimum atomic E-state index is 0.133. The first-order valence-electron chi connectivity index (χ1n) is 8.18. The molecule has 3 atom stereocenters. The van der Waals surface area contributed by atoms with Crippen LogP contribution >= 0.6 is 11.3 Å². The Labute approximate surface area is 129 Å². The van der Waals surface area contributed by atoms with Crippen molar-refractivity contribution in [2.75, 3.05) is 13.1 Å². The van der Waals surface area contributed by atoms with E-state index in [9.17, 15) is 4.79 Å². The number of likely N-dealkylation sites (tertiary alicyclic amines) is 1. The number of carbonyl (C=O) groups excluding carboxylic acids is 1. The zero-order chi connectivity index (χ0) is 14.4. The van der Waals surface area contributed by atoms with Crippen molar-refractivity contribution in [3.63, 3.8) is 0 Å². The molecule has 2 saturated carbocycles. The first-order chi connectivity index (χ1) is 10.2. The van der Waals surface area contributed by atoms with Gasteiger partial charge in [-0.25, -0.2) is 9.78 Å². The van der Waals surface area contributed by atoms with E-state index < -0.39 is 0 Å². The highest BCUT2D eigenvalue weighted by atomic mass is 32.1. The Balaban J connectivity index is 1.42. The fraction of sp³-hybridized carbons (Fsp3) is 0.750. The van der Waals surface area contributed by atoms with Crippen molar-refractivity contribution in [2.24, 2.45) is 17.8 Å². The van der Waals surface area contributed by atoms with Gasteiger partial charge in [0.25, 0.3) is 0 Å². The maximum absolute atomic E-state index is 12.6. The van der Waals surface area contributed by atoms with Crippen LogP contribution in [-0.4, -0.2) is 29.0 Å². The summed E-state index contributed by atoms with van der Waals surface area (Å²) in [7, 11) is 0. The second kappa shape index (κ2) is 5.27. The molecular weight excluding hydrogens is 282 g/mol. The fourth-order valence-electron chi connectivity index (χ4n) is 3.95. The van der Waals surface area contributed by atoms with E-state index in [1.807, 2.05) is 11.8 Å². The minimum Gasteiger partial charge on any atom is -0.328 e. The maximum atomic E-state index is 12.6. The standard InChI is InChI=1S/C16H23N3OS/c1-10-9-21-15(17-10)14(11-5-6-11)18-16(20)19-7-12-3-2-4-13(12)8-19/h9,11-14H,2-8H2,1H3,(H,18,20). The van der Waals surface area contributed by atoms with Gasteiger partial charge in [-0.05, 0) is 50.4 Å². The number of rotatable bonds is 3. The monoisotopic (exact) mass is 305 g/mol. The number of thiazole rings is 1. The van der Waals surface area contributed by atoms with Gasteiger partial charge in [0.15, 0.2) is 0 Å².